The standard InChI is InChI=1S/C27H39N3O2/c1-28(19-23-9-10-25-18-26(32-2)12-11-24(25)17-23)27(31)21-30-14-6-13-29(15-16-30)20-22-7-4-3-5-8-22/h9-12,17-18,22H,3-8,13-16,19-21H2,1-2H3. The zero-order chi connectivity index (χ0) is 22.3. The second-order valence-corrected chi connectivity index (χ2v) is 9.73. The average molecular weight is 438 g/mol. The van der Waals surface area contributed by atoms with E-state index >= 15 is 0 Å². The zero-order valence-corrected chi connectivity index (χ0v) is 19.9. The minimum absolute atomic E-state index is 0.209. The Kier molecular flexibility index (Phi) is 8.04. The molecule has 1 aliphatic heterocycles. The van der Waals surface area contributed by atoms with Gasteiger partial charge in [0.2, 0.25) is 5.91 Å². The monoisotopic (exact) mass is 437 g/mol. The fourth-order valence-corrected chi connectivity index (χ4v) is 5.27. The number of ether oxygens (including phenoxy) is 1. The van der Waals surface area contributed by atoms with E-state index in [2.05, 4.69) is 34.1 Å². The summed E-state index contributed by atoms with van der Waals surface area (Å²) in [6, 6.07) is 12.5. The summed E-state index contributed by atoms with van der Waals surface area (Å²) in [7, 11) is 3.61. The molecule has 1 amide bonds. The zero-order valence-electron chi connectivity index (χ0n) is 19.9. The maximum atomic E-state index is 12.9. The largest absolute Gasteiger partial charge is 0.497 e. The van der Waals surface area contributed by atoms with Crippen LogP contribution in [0, 0.1) is 5.92 Å². The Labute approximate surface area is 193 Å². The van der Waals surface area contributed by atoms with Gasteiger partial charge in [0.25, 0.3) is 0 Å². The van der Waals surface area contributed by atoms with E-state index in [1.807, 2.05) is 24.1 Å². The van der Waals surface area contributed by atoms with Gasteiger partial charge in [0, 0.05) is 33.2 Å². The van der Waals surface area contributed by atoms with Crippen LogP contribution in [0.3, 0.4) is 0 Å². The Morgan fingerprint density at radius 3 is 2.47 bits per heavy atom. The van der Waals surface area contributed by atoms with Crippen molar-refractivity contribution in [1.82, 2.24) is 14.7 Å². The molecular formula is C27H39N3O2. The van der Waals surface area contributed by atoms with Gasteiger partial charge in [0.15, 0.2) is 0 Å². The molecule has 1 saturated carbocycles. The molecule has 0 aromatic heterocycles. The number of likely N-dealkylation sites (N-methyl/N-ethyl adjacent to an activating group) is 1. The van der Waals surface area contributed by atoms with E-state index in [0.717, 1.165) is 48.7 Å². The predicted octanol–water partition coefficient (Wildman–Crippen LogP) is 4.39. The molecule has 0 radical (unpaired) electrons. The van der Waals surface area contributed by atoms with Crippen molar-refractivity contribution in [3.8, 4) is 5.75 Å². The van der Waals surface area contributed by atoms with Crippen LogP contribution < -0.4 is 4.74 Å². The van der Waals surface area contributed by atoms with Gasteiger partial charge in [-0.1, -0.05) is 37.5 Å². The minimum atomic E-state index is 0.209. The maximum absolute atomic E-state index is 12.9. The molecule has 2 fully saturated rings. The fourth-order valence-electron chi connectivity index (χ4n) is 5.27. The van der Waals surface area contributed by atoms with Crippen molar-refractivity contribution in [1.29, 1.82) is 0 Å². The van der Waals surface area contributed by atoms with Crippen molar-refractivity contribution in [3.63, 3.8) is 0 Å². The van der Waals surface area contributed by atoms with Crippen LogP contribution in [-0.4, -0.2) is 74.0 Å². The number of fused-ring (bicyclic) bond motifs is 1. The van der Waals surface area contributed by atoms with Crippen LogP contribution in [0.2, 0.25) is 0 Å². The molecule has 174 valence electrons. The molecule has 2 aliphatic rings. The van der Waals surface area contributed by atoms with Crippen molar-refractivity contribution in [3.05, 3.63) is 42.0 Å². The van der Waals surface area contributed by atoms with Gasteiger partial charge in [-0.15, -0.1) is 0 Å². The Morgan fingerprint density at radius 2 is 1.66 bits per heavy atom. The fraction of sp³-hybridized carbons (Fsp3) is 0.593. The number of amides is 1. The summed E-state index contributed by atoms with van der Waals surface area (Å²) in [5, 5.41) is 2.33. The van der Waals surface area contributed by atoms with E-state index in [9.17, 15) is 4.79 Å². The van der Waals surface area contributed by atoms with Crippen LogP contribution in [0.1, 0.15) is 44.1 Å². The lowest BCUT2D eigenvalue weighted by molar-refractivity contribution is -0.131. The number of methoxy groups -OCH3 is 1. The first-order valence-corrected chi connectivity index (χ1v) is 12.4. The summed E-state index contributed by atoms with van der Waals surface area (Å²) >= 11 is 0. The quantitative estimate of drug-likeness (QED) is 0.643. The van der Waals surface area contributed by atoms with Gasteiger partial charge in [-0.3, -0.25) is 9.69 Å². The number of benzene rings is 2. The number of rotatable bonds is 7. The van der Waals surface area contributed by atoms with Crippen molar-refractivity contribution in [2.24, 2.45) is 5.92 Å². The molecular weight excluding hydrogens is 398 g/mol. The van der Waals surface area contributed by atoms with Gasteiger partial charge in [-0.25, -0.2) is 0 Å². The third-order valence-corrected chi connectivity index (χ3v) is 7.24. The van der Waals surface area contributed by atoms with E-state index in [0.29, 0.717) is 13.1 Å². The SMILES string of the molecule is COc1ccc2cc(CN(C)C(=O)CN3CCCN(CC4CCCCC4)CC3)ccc2c1. The first kappa shape index (κ1) is 23.1. The van der Waals surface area contributed by atoms with Gasteiger partial charge < -0.3 is 14.5 Å². The number of nitrogens with zero attached hydrogens (tertiary/aromatic N) is 3. The molecule has 0 bridgehead atoms. The Hall–Kier alpha value is -2.11. The molecule has 0 unspecified atom stereocenters. The van der Waals surface area contributed by atoms with Gasteiger partial charge in [-0.2, -0.15) is 0 Å². The molecule has 1 aliphatic carbocycles. The topological polar surface area (TPSA) is 36.0 Å². The highest BCUT2D eigenvalue weighted by atomic mass is 16.5. The summed E-state index contributed by atoms with van der Waals surface area (Å²) in [6.07, 6.45) is 8.23. The van der Waals surface area contributed by atoms with Gasteiger partial charge >= 0.3 is 0 Å². The van der Waals surface area contributed by atoms with Gasteiger partial charge in [0.05, 0.1) is 13.7 Å². The van der Waals surface area contributed by atoms with Crippen molar-refractivity contribution in [2.75, 3.05) is 53.4 Å². The first-order valence-electron chi connectivity index (χ1n) is 12.4. The molecule has 0 N–H and O–H groups in total. The lowest BCUT2D eigenvalue weighted by Gasteiger charge is -2.29. The van der Waals surface area contributed by atoms with Crippen LogP contribution in [0.4, 0.5) is 0 Å². The molecule has 0 atom stereocenters. The van der Waals surface area contributed by atoms with E-state index in [-0.39, 0.29) is 5.91 Å². The van der Waals surface area contributed by atoms with Crippen LogP contribution in [0.25, 0.3) is 10.8 Å². The second-order valence-electron chi connectivity index (χ2n) is 9.73. The summed E-state index contributed by atoms with van der Waals surface area (Å²) in [6.45, 7) is 6.74. The molecule has 2 aromatic carbocycles. The summed E-state index contributed by atoms with van der Waals surface area (Å²) in [4.78, 5) is 19.8. The Bertz CT molecular complexity index is 894. The third-order valence-electron chi connectivity index (χ3n) is 7.24. The summed E-state index contributed by atoms with van der Waals surface area (Å²) < 4.78 is 5.31. The van der Waals surface area contributed by atoms with E-state index in [1.54, 1.807) is 7.11 Å². The third kappa shape index (κ3) is 6.23. The summed E-state index contributed by atoms with van der Waals surface area (Å²) in [5.74, 6) is 1.97. The smallest absolute Gasteiger partial charge is 0.236 e. The molecule has 1 saturated heterocycles. The number of carbonyl (C=O) groups excluding carboxylic acids is 1. The molecule has 32 heavy (non-hydrogen) atoms. The highest BCUT2D eigenvalue weighted by Crippen LogP contribution is 2.25. The second kappa shape index (κ2) is 11.2. The predicted molar refractivity (Wildman–Crippen MR) is 131 cm³/mol. The van der Waals surface area contributed by atoms with Crippen molar-refractivity contribution in [2.45, 2.75) is 45.1 Å². The van der Waals surface area contributed by atoms with Crippen LogP contribution >= 0.6 is 0 Å². The molecule has 4 rings (SSSR count). The average Bonchev–Trinajstić information content (AvgIpc) is 3.04. The Balaban J connectivity index is 1.26. The number of hydrogen-bond acceptors (Lipinski definition) is 4. The van der Waals surface area contributed by atoms with Crippen molar-refractivity contribution >= 4 is 16.7 Å². The first-order chi connectivity index (χ1) is 15.6. The maximum Gasteiger partial charge on any atom is 0.236 e. The van der Waals surface area contributed by atoms with E-state index < -0.39 is 0 Å². The highest BCUT2D eigenvalue weighted by Gasteiger charge is 2.22. The molecule has 0 spiro atoms. The molecule has 5 nitrogen and oxygen atoms in total. The lowest BCUT2D eigenvalue weighted by Crippen LogP contribution is -2.40. The van der Waals surface area contributed by atoms with Gasteiger partial charge in [0.1, 0.15) is 5.75 Å². The van der Waals surface area contributed by atoms with Crippen LogP contribution in [0.5, 0.6) is 5.75 Å². The molecule has 2 aromatic rings. The van der Waals surface area contributed by atoms with Gasteiger partial charge in [-0.05, 0) is 72.8 Å². The number of hydrogen-bond donors (Lipinski definition) is 0. The normalized spacial score (nSPS) is 19.1. The Morgan fingerprint density at radius 1 is 0.938 bits per heavy atom. The number of carbonyl (C=O) groups is 1. The van der Waals surface area contributed by atoms with Crippen molar-refractivity contribution < 1.29 is 9.53 Å². The summed E-state index contributed by atoms with van der Waals surface area (Å²) in [5.41, 5.74) is 1.16. The highest BCUT2D eigenvalue weighted by molar-refractivity contribution is 5.84. The molecule has 5 heteroatoms. The van der Waals surface area contributed by atoms with Crippen LogP contribution in [0.15, 0.2) is 36.4 Å². The van der Waals surface area contributed by atoms with E-state index in [4.69, 9.17) is 4.74 Å². The lowest BCUT2D eigenvalue weighted by atomic mass is 9.89. The molecule has 1 heterocycles. The van der Waals surface area contributed by atoms with Crippen LogP contribution in [-0.2, 0) is 11.3 Å². The van der Waals surface area contributed by atoms with E-state index in [1.165, 1.54) is 50.6 Å². The minimum Gasteiger partial charge on any atom is -0.497 e.